The number of hydrogen-bond donors (Lipinski definition) is 1. The molecule has 0 radical (unpaired) electrons. The quantitative estimate of drug-likeness (QED) is 0.831. The van der Waals surface area contributed by atoms with E-state index < -0.39 is 5.97 Å². The summed E-state index contributed by atoms with van der Waals surface area (Å²) >= 11 is 0. The van der Waals surface area contributed by atoms with Crippen molar-refractivity contribution in [3.63, 3.8) is 0 Å². The molecule has 1 aliphatic rings. The zero-order valence-corrected chi connectivity index (χ0v) is 9.67. The third-order valence-corrected chi connectivity index (χ3v) is 2.81. The van der Waals surface area contributed by atoms with Crippen LogP contribution in [0, 0.1) is 0 Å². The van der Waals surface area contributed by atoms with Gasteiger partial charge >= 0.3 is 5.97 Å². The maximum Gasteiger partial charge on any atom is 0.356 e. The predicted octanol–water partition coefficient (Wildman–Crippen LogP) is 0.648. The number of carboxylic acid groups (broad SMARTS) is 1. The monoisotopic (exact) mass is 237 g/mol. The molecule has 1 aliphatic heterocycles. The first-order chi connectivity index (χ1) is 8.15. The lowest BCUT2D eigenvalue weighted by Gasteiger charge is -2.28. The molecule has 0 unspecified atom stereocenters. The van der Waals surface area contributed by atoms with Crippen molar-refractivity contribution in [3.05, 3.63) is 17.8 Å². The Bertz CT molecular complexity index is 385. The lowest BCUT2D eigenvalue weighted by atomic mass is 10.1. The Balaban J connectivity index is 1.92. The molecule has 6 nitrogen and oxygen atoms in total. The second kappa shape index (κ2) is 5.09. The van der Waals surface area contributed by atoms with Crippen LogP contribution in [0.15, 0.2) is 12.1 Å². The molecule has 6 heteroatoms. The highest BCUT2D eigenvalue weighted by Gasteiger charge is 2.18. The Morgan fingerprint density at radius 3 is 2.65 bits per heavy atom. The minimum atomic E-state index is -1.08. The Morgan fingerprint density at radius 2 is 2.12 bits per heavy atom. The van der Waals surface area contributed by atoms with Crippen LogP contribution in [0.5, 0.6) is 5.88 Å². The molecule has 0 atom stereocenters. The summed E-state index contributed by atoms with van der Waals surface area (Å²) in [4.78, 5) is 12.8. The third-order valence-electron chi connectivity index (χ3n) is 2.81. The maximum atomic E-state index is 10.6. The second-order valence-corrected chi connectivity index (χ2v) is 4.18. The number of piperidine rings is 1. The minimum absolute atomic E-state index is 0.0688. The molecule has 0 amide bonds. The Labute approximate surface area is 99.2 Å². The topological polar surface area (TPSA) is 75.5 Å². The normalized spacial score (nSPS) is 17.9. The van der Waals surface area contributed by atoms with Gasteiger partial charge in [-0.1, -0.05) is 0 Å². The van der Waals surface area contributed by atoms with Gasteiger partial charge in [0.15, 0.2) is 5.69 Å². The lowest BCUT2D eigenvalue weighted by Crippen LogP contribution is -2.35. The van der Waals surface area contributed by atoms with E-state index in [2.05, 4.69) is 22.1 Å². The summed E-state index contributed by atoms with van der Waals surface area (Å²) in [5.41, 5.74) is -0.0688. The molecule has 0 bridgehead atoms. The van der Waals surface area contributed by atoms with Crippen molar-refractivity contribution in [2.24, 2.45) is 0 Å². The fourth-order valence-corrected chi connectivity index (χ4v) is 1.77. The number of hydrogen-bond acceptors (Lipinski definition) is 5. The standard InChI is InChI=1S/C11H15N3O3/c1-14-6-4-8(5-7-14)17-10-3-2-9(11(15)16)12-13-10/h2-3,8H,4-7H2,1H3,(H,15,16). The number of rotatable bonds is 3. The Kier molecular flexibility index (Phi) is 3.53. The summed E-state index contributed by atoms with van der Waals surface area (Å²) in [6.07, 6.45) is 2.06. The minimum Gasteiger partial charge on any atom is -0.476 e. The molecule has 92 valence electrons. The van der Waals surface area contributed by atoms with Gasteiger partial charge in [-0.2, -0.15) is 0 Å². The highest BCUT2D eigenvalue weighted by atomic mass is 16.5. The average molecular weight is 237 g/mol. The van der Waals surface area contributed by atoms with Gasteiger partial charge in [-0.05, 0) is 26.0 Å². The van der Waals surface area contributed by atoms with E-state index in [9.17, 15) is 4.79 Å². The first kappa shape index (κ1) is 11.8. The molecule has 2 rings (SSSR count). The number of aromatic carboxylic acids is 1. The molecular weight excluding hydrogens is 222 g/mol. The van der Waals surface area contributed by atoms with Gasteiger partial charge in [-0.25, -0.2) is 4.79 Å². The largest absolute Gasteiger partial charge is 0.476 e. The Morgan fingerprint density at radius 1 is 1.41 bits per heavy atom. The number of carboxylic acids is 1. The zero-order chi connectivity index (χ0) is 12.3. The Hall–Kier alpha value is -1.69. The molecule has 1 aromatic rings. The molecule has 17 heavy (non-hydrogen) atoms. The van der Waals surface area contributed by atoms with Gasteiger partial charge in [0.2, 0.25) is 5.88 Å². The summed E-state index contributed by atoms with van der Waals surface area (Å²) < 4.78 is 5.65. The third kappa shape index (κ3) is 3.13. The van der Waals surface area contributed by atoms with Gasteiger partial charge in [0.25, 0.3) is 0 Å². The van der Waals surface area contributed by atoms with E-state index in [-0.39, 0.29) is 11.8 Å². The first-order valence-electron chi connectivity index (χ1n) is 5.57. The fraction of sp³-hybridized carbons (Fsp3) is 0.545. The summed E-state index contributed by atoms with van der Waals surface area (Å²) in [5.74, 6) is -0.687. The summed E-state index contributed by atoms with van der Waals surface area (Å²) in [7, 11) is 2.08. The van der Waals surface area contributed by atoms with Gasteiger partial charge in [0.1, 0.15) is 6.10 Å². The molecule has 1 fully saturated rings. The summed E-state index contributed by atoms with van der Waals surface area (Å²) in [5, 5.41) is 16.0. The first-order valence-corrected chi connectivity index (χ1v) is 5.57. The van der Waals surface area contributed by atoms with Crippen molar-refractivity contribution >= 4 is 5.97 Å². The van der Waals surface area contributed by atoms with Crippen LogP contribution in [0.4, 0.5) is 0 Å². The maximum absolute atomic E-state index is 10.6. The number of likely N-dealkylation sites (tertiary alicyclic amines) is 1. The van der Waals surface area contributed by atoms with Crippen molar-refractivity contribution in [2.75, 3.05) is 20.1 Å². The van der Waals surface area contributed by atoms with Gasteiger partial charge in [-0.15, -0.1) is 10.2 Å². The van der Waals surface area contributed by atoms with Crippen LogP contribution in [-0.4, -0.2) is 52.4 Å². The highest BCUT2D eigenvalue weighted by Crippen LogP contribution is 2.15. The van der Waals surface area contributed by atoms with Crippen molar-refractivity contribution in [1.29, 1.82) is 0 Å². The number of nitrogens with zero attached hydrogens (tertiary/aromatic N) is 3. The van der Waals surface area contributed by atoms with Crippen molar-refractivity contribution in [1.82, 2.24) is 15.1 Å². The van der Waals surface area contributed by atoms with E-state index in [0.29, 0.717) is 5.88 Å². The smallest absolute Gasteiger partial charge is 0.356 e. The van der Waals surface area contributed by atoms with Gasteiger partial charge in [0, 0.05) is 19.2 Å². The lowest BCUT2D eigenvalue weighted by molar-refractivity contribution is 0.0688. The SMILES string of the molecule is CN1CCC(Oc2ccc(C(=O)O)nn2)CC1. The zero-order valence-electron chi connectivity index (χ0n) is 9.67. The molecular formula is C11H15N3O3. The van der Waals surface area contributed by atoms with E-state index in [1.54, 1.807) is 6.07 Å². The van der Waals surface area contributed by atoms with Crippen LogP contribution in [0.25, 0.3) is 0 Å². The second-order valence-electron chi connectivity index (χ2n) is 4.18. The van der Waals surface area contributed by atoms with Crippen LogP contribution in [0.3, 0.4) is 0 Å². The van der Waals surface area contributed by atoms with Crippen molar-refractivity contribution in [2.45, 2.75) is 18.9 Å². The predicted molar refractivity (Wildman–Crippen MR) is 60.1 cm³/mol. The van der Waals surface area contributed by atoms with Crippen LogP contribution in [-0.2, 0) is 0 Å². The van der Waals surface area contributed by atoms with Crippen molar-refractivity contribution < 1.29 is 14.6 Å². The van der Waals surface area contributed by atoms with Crippen LogP contribution in [0.2, 0.25) is 0 Å². The van der Waals surface area contributed by atoms with Gasteiger partial charge in [0.05, 0.1) is 0 Å². The van der Waals surface area contributed by atoms with E-state index in [1.807, 2.05) is 0 Å². The van der Waals surface area contributed by atoms with Crippen LogP contribution in [0.1, 0.15) is 23.3 Å². The van der Waals surface area contributed by atoms with E-state index in [0.717, 1.165) is 25.9 Å². The number of carbonyl (C=O) groups is 1. The molecule has 0 spiro atoms. The van der Waals surface area contributed by atoms with Gasteiger partial charge in [-0.3, -0.25) is 0 Å². The molecule has 1 N–H and O–H groups in total. The van der Waals surface area contributed by atoms with Gasteiger partial charge < -0.3 is 14.7 Å². The molecule has 2 heterocycles. The summed E-state index contributed by atoms with van der Waals surface area (Å²) in [6, 6.07) is 2.95. The fourth-order valence-electron chi connectivity index (χ4n) is 1.77. The number of ether oxygens (including phenoxy) is 1. The molecule has 1 aromatic heterocycles. The number of aromatic nitrogens is 2. The van der Waals surface area contributed by atoms with Crippen LogP contribution < -0.4 is 4.74 Å². The molecule has 0 saturated carbocycles. The van der Waals surface area contributed by atoms with E-state index in [1.165, 1.54) is 6.07 Å². The molecule has 1 saturated heterocycles. The van der Waals surface area contributed by atoms with E-state index >= 15 is 0 Å². The summed E-state index contributed by atoms with van der Waals surface area (Å²) in [6.45, 7) is 2.01. The molecule has 0 aliphatic carbocycles. The highest BCUT2D eigenvalue weighted by molar-refractivity contribution is 5.84. The van der Waals surface area contributed by atoms with Crippen LogP contribution >= 0.6 is 0 Å². The molecule has 0 aromatic carbocycles. The van der Waals surface area contributed by atoms with Crippen molar-refractivity contribution in [3.8, 4) is 5.88 Å². The van der Waals surface area contributed by atoms with E-state index in [4.69, 9.17) is 9.84 Å². The average Bonchev–Trinajstić information content (AvgIpc) is 2.33.